The van der Waals surface area contributed by atoms with Crippen LogP contribution < -0.4 is 0 Å². The molecule has 3 heteroatoms. The molecule has 0 aliphatic rings. The van der Waals surface area contributed by atoms with Crippen molar-refractivity contribution in [1.82, 2.24) is 0 Å². The molecule has 0 spiro atoms. The first-order valence-electron chi connectivity index (χ1n) is 8.04. The van der Waals surface area contributed by atoms with E-state index in [1.165, 1.54) is 0 Å². The SMILES string of the molecule is CC(C)(C)c1ccc(O)c(-c2c(C(C)(C)C)c[c]c(O)c2C=O)c1. The second-order valence-electron chi connectivity index (χ2n) is 8.19. The van der Waals surface area contributed by atoms with Crippen LogP contribution in [0.1, 0.15) is 63.0 Å². The number of carbonyl (C=O) groups is 1. The minimum absolute atomic E-state index is 0.0854. The summed E-state index contributed by atoms with van der Waals surface area (Å²) in [6, 6.07) is 9.86. The molecular weight excluding hydrogens is 300 g/mol. The molecule has 24 heavy (non-hydrogen) atoms. The summed E-state index contributed by atoms with van der Waals surface area (Å²) in [5.74, 6) is -0.115. The van der Waals surface area contributed by atoms with E-state index >= 15 is 0 Å². The fraction of sp³-hybridized carbons (Fsp3) is 0.381. The van der Waals surface area contributed by atoms with Gasteiger partial charge in [0.25, 0.3) is 0 Å². The second-order valence-corrected chi connectivity index (χ2v) is 8.19. The quantitative estimate of drug-likeness (QED) is 0.766. The molecule has 0 aliphatic carbocycles. The maximum absolute atomic E-state index is 11.6. The molecule has 0 saturated heterocycles. The van der Waals surface area contributed by atoms with E-state index in [2.05, 4.69) is 26.8 Å². The fourth-order valence-electron chi connectivity index (χ4n) is 2.75. The summed E-state index contributed by atoms with van der Waals surface area (Å²) in [4.78, 5) is 11.6. The molecule has 0 heterocycles. The molecule has 1 radical (unpaired) electrons. The largest absolute Gasteiger partial charge is 0.507 e. The number of hydrogen-bond donors (Lipinski definition) is 2. The zero-order chi connectivity index (χ0) is 18.3. The molecule has 0 aromatic heterocycles. The van der Waals surface area contributed by atoms with Crippen LogP contribution in [0.15, 0.2) is 24.3 Å². The van der Waals surface area contributed by atoms with E-state index in [1.807, 2.05) is 32.9 Å². The molecular formula is C21H25O3. The van der Waals surface area contributed by atoms with Crippen molar-refractivity contribution < 1.29 is 15.0 Å². The summed E-state index contributed by atoms with van der Waals surface area (Å²) < 4.78 is 0. The highest BCUT2D eigenvalue weighted by Crippen LogP contribution is 2.43. The third kappa shape index (κ3) is 3.30. The van der Waals surface area contributed by atoms with E-state index in [4.69, 9.17) is 0 Å². The van der Waals surface area contributed by atoms with E-state index in [9.17, 15) is 15.0 Å². The highest BCUT2D eigenvalue weighted by molar-refractivity contribution is 5.94. The van der Waals surface area contributed by atoms with Gasteiger partial charge in [-0.15, -0.1) is 0 Å². The van der Waals surface area contributed by atoms with Gasteiger partial charge in [0.15, 0.2) is 6.29 Å². The van der Waals surface area contributed by atoms with E-state index in [0.717, 1.165) is 11.1 Å². The Kier molecular flexibility index (Phi) is 4.49. The Morgan fingerprint density at radius 3 is 2.12 bits per heavy atom. The van der Waals surface area contributed by atoms with Gasteiger partial charge in [0.05, 0.1) is 5.56 Å². The third-order valence-corrected chi connectivity index (χ3v) is 4.20. The van der Waals surface area contributed by atoms with Gasteiger partial charge in [-0.25, -0.2) is 0 Å². The lowest BCUT2D eigenvalue weighted by Gasteiger charge is -2.26. The molecule has 0 fully saturated rings. The number of benzene rings is 2. The van der Waals surface area contributed by atoms with Gasteiger partial charge in [-0.05, 0) is 40.2 Å². The van der Waals surface area contributed by atoms with Crippen LogP contribution in [-0.4, -0.2) is 16.5 Å². The monoisotopic (exact) mass is 325 g/mol. The minimum Gasteiger partial charge on any atom is -0.507 e. The van der Waals surface area contributed by atoms with Crippen molar-refractivity contribution in [2.45, 2.75) is 52.4 Å². The van der Waals surface area contributed by atoms with Gasteiger partial charge in [0.1, 0.15) is 11.5 Å². The number of carbonyl (C=O) groups excluding carboxylic acids is 1. The maximum atomic E-state index is 11.6. The predicted octanol–water partition coefficient (Wildman–Crippen LogP) is 4.97. The molecule has 3 nitrogen and oxygen atoms in total. The molecule has 0 amide bonds. The molecule has 2 N–H and O–H groups in total. The Morgan fingerprint density at radius 1 is 1.00 bits per heavy atom. The van der Waals surface area contributed by atoms with Gasteiger partial charge < -0.3 is 10.2 Å². The average molecular weight is 325 g/mol. The average Bonchev–Trinajstić information content (AvgIpc) is 2.44. The third-order valence-electron chi connectivity index (χ3n) is 4.20. The molecule has 2 aromatic carbocycles. The smallest absolute Gasteiger partial charge is 0.154 e. The van der Waals surface area contributed by atoms with Crippen molar-refractivity contribution in [3.63, 3.8) is 0 Å². The zero-order valence-electron chi connectivity index (χ0n) is 15.2. The van der Waals surface area contributed by atoms with Crippen molar-refractivity contribution in [2.24, 2.45) is 0 Å². The van der Waals surface area contributed by atoms with Gasteiger partial charge >= 0.3 is 0 Å². The number of phenols is 2. The second kappa shape index (κ2) is 5.97. The molecule has 0 unspecified atom stereocenters. The number of hydrogen-bond acceptors (Lipinski definition) is 3. The fourth-order valence-corrected chi connectivity index (χ4v) is 2.75. The lowest BCUT2D eigenvalue weighted by Crippen LogP contribution is -2.15. The molecule has 0 bridgehead atoms. The molecule has 0 saturated carbocycles. The first kappa shape index (κ1) is 18.1. The van der Waals surface area contributed by atoms with E-state index < -0.39 is 0 Å². The van der Waals surface area contributed by atoms with Gasteiger partial charge in [-0.3, -0.25) is 4.79 Å². The molecule has 127 valence electrons. The van der Waals surface area contributed by atoms with Crippen LogP contribution >= 0.6 is 0 Å². The van der Waals surface area contributed by atoms with Crippen LogP contribution in [-0.2, 0) is 10.8 Å². The van der Waals surface area contributed by atoms with E-state index in [0.29, 0.717) is 17.4 Å². The molecule has 2 rings (SSSR count). The van der Waals surface area contributed by atoms with Crippen molar-refractivity contribution in [1.29, 1.82) is 0 Å². The number of rotatable bonds is 2. The van der Waals surface area contributed by atoms with Crippen molar-refractivity contribution >= 4 is 6.29 Å². The standard InChI is InChI=1S/C21H25O3/c1-20(2,3)13-7-9-17(23)14(11-13)19-15(12-22)18(24)10-8-16(19)21(4,5)6/h7-9,11-12,23-24H,1-6H3. The number of aromatic hydroxyl groups is 2. The Morgan fingerprint density at radius 2 is 1.62 bits per heavy atom. The predicted molar refractivity (Wildman–Crippen MR) is 96.8 cm³/mol. The zero-order valence-corrected chi connectivity index (χ0v) is 15.2. The summed E-state index contributed by atoms with van der Waals surface area (Å²) in [5.41, 5.74) is 2.79. The normalized spacial score (nSPS) is 12.2. The Balaban J connectivity index is 2.90. The Labute approximate surface area is 144 Å². The topological polar surface area (TPSA) is 57.5 Å². The molecule has 0 aliphatic heterocycles. The summed E-state index contributed by atoms with van der Waals surface area (Å²) >= 11 is 0. The number of phenolic OH excluding ortho intramolecular Hbond substituents is 2. The lowest BCUT2D eigenvalue weighted by molar-refractivity contribution is 0.112. The summed E-state index contributed by atoms with van der Waals surface area (Å²) in [6.45, 7) is 12.3. The van der Waals surface area contributed by atoms with Crippen LogP contribution in [0.5, 0.6) is 11.5 Å². The lowest BCUT2D eigenvalue weighted by atomic mass is 9.78. The van der Waals surface area contributed by atoms with Gasteiger partial charge in [0, 0.05) is 17.2 Å². The van der Waals surface area contributed by atoms with E-state index in [1.54, 1.807) is 12.1 Å². The van der Waals surface area contributed by atoms with E-state index in [-0.39, 0.29) is 27.9 Å². The van der Waals surface area contributed by atoms with Gasteiger partial charge in [0.2, 0.25) is 0 Å². The summed E-state index contributed by atoms with van der Waals surface area (Å²) in [5, 5.41) is 20.5. The molecule has 0 atom stereocenters. The summed E-state index contributed by atoms with van der Waals surface area (Å²) in [7, 11) is 0. The maximum Gasteiger partial charge on any atom is 0.154 e. The minimum atomic E-state index is -0.276. The van der Waals surface area contributed by atoms with Crippen LogP contribution in [0.4, 0.5) is 0 Å². The highest BCUT2D eigenvalue weighted by atomic mass is 16.3. The van der Waals surface area contributed by atoms with Crippen LogP contribution in [0, 0.1) is 6.07 Å². The van der Waals surface area contributed by atoms with Crippen LogP contribution in [0.2, 0.25) is 0 Å². The van der Waals surface area contributed by atoms with Crippen molar-refractivity contribution in [3.05, 3.63) is 47.0 Å². The molecule has 2 aromatic rings. The van der Waals surface area contributed by atoms with Crippen molar-refractivity contribution in [3.8, 4) is 22.6 Å². The van der Waals surface area contributed by atoms with Gasteiger partial charge in [-0.1, -0.05) is 47.6 Å². The Bertz CT molecular complexity index is 775. The first-order valence-corrected chi connectivity index (χ1v) is 8.04. The highest BCUT2D eigenvalue weighted by Gasteiger charge is 2.26. The van der Waals surface area contributed by atoms with Crippen molar-refractivity contribution in [2.75, 3.05) is 0 Å². The first-order chi connectivity index (χ1) is 11.0. The van der Waals surface area contributed by atoms with Crippen LogP contribution in [0.3, 0.4) is 0 Å². The van der Waals surface area contributed by atoms with Gasteiger partial charge in [-0.2, -0.15) is 0 Å². The Hall–Kier alpha value is -2.29. The number of aldehydes is 1. The van der Waals surface area contributed by atoms with Crippen LogP contribution in [0.25, 0.3) is 11.1 Å². The summed E-state index contributed by atoms with van der Waals surface area (Å²) in [6.07, 6.45) is 0.625.